The largest absolute Gasteiger partial charge is 0.342 e. The molecule has 0 bridgehead atoms. The normalized spacial score (nSPS) is 21.0. The Morgan fingerprint density at radius 1 is 1.71 bits per heavy atom. The van der Waals surface area contributed by atoms with Crippen molar-refractivity contribution in [1.82, 2.24) is 0 Å². The van der Waals surface area contributed by atoms with E-state index in [1.54, 1.807) is 0 Å². The standard InChI is InChI=1S/C4H9BO2/c1-2-5-3-4-6-7-5/h2-4H2,1H3. The molecular weight excluding hydrogens is 90.9 g/mol. The Hall–Kier alpha value is -0.0151. The van der Waals surface area contributed by atoms with Crippen molar-refractivity contribution in [2.45, 2.75) is 19.6 Å². The molecule has 0 aromatic carbocycles. The van der Waals surface area contributed by atoms with Gasteiger partial charge >= 0.3 is 6.92 Å². The molecule has 7 heavy (non-hydrogen) atoms. The summed E-state index contributed by atoms with van der Waals surface area (Å²) in [5, 5.41) is 0. The highest BCUT2D eigenvalue weighted by molar-refractivity contribution is 6.51. The van der Waals surface area contributed by atoms with E-state index in [1.165, 1.54) is 0 Å². The summed E-state index contributed by atoms with van der Waals surface area (Å²) in [7, 11) is 0. The zero-order chi connectivity index (χ0) is 5.11. The molecule has 0 aromatic heterocycles. The van der Waals surface area contributed by atoms with Crippen molar-refractivity contribution in [3.8, 4) is 0 Å². The zero-order valence-electron chi connectivity index (χ0n) is 4.52. The van der Waals surface area contributed by atoms with Gasteiger partial charge in [0.05, 0.1) is 6.61 Å². The summed E-state index contributed by atoms with van der Waals surface area (Å²) in [6.07, 6.45) is 2.14. The van der Waals surface area contributed by atoms with Gasteiger partial charge in [0.2, 0.25) is 0 Å². The fourth-order valence-electron chi connectivity index (χ4n) is 0.644. The van der Waals surface area contributed by atoms with Crippen LogP contribution in [0.15, 0.2) is 0 Å². The molecule has 1 aliphatic heterocycles. The van der Waals surface area contributed by atoms with Gasteiger partial charge in [-0.3, -0.25) is 4.89 Å². The average Bonchev–Trinajstić information content (AvgIpc) is 2.14. The van der Waals surface area contributed by atoms with Crippen LogP contribution in [0.1, 0.15) is 6.92 Å². The first-order chi connectivity index (χ1) is 3.43. The van der Waals surface area contributed by atoms with Crippen LogP contribution in [0.4, 0.5) is 0 Å². The molecular formula is C4H9BO2. The smallest absolute Gasteiger partial charge is 0.305 e. The monoisotopic (exact) mass is 100 g/mol. The van der Waals surface area contributed by atoms with Gasteiger partial charge in [0.15, 0.2) is 0 Å². The molecule has 0 saturated carbocycles. The average molecular weight is 99.9 g/mol. The summed E-state index contributed by atoms with van der Waals surface area (Å²) in [4.78, 5) is 9.45. The van der Waals surface area contributed by atoms with Gasteiger partial charge in [-0.1, -0.05) is 6.92 Å². The third kappa shape index (κ3) is 1.18. The molecule has 0 spiro atoms. The van der Waals surface area contributed by atoms with E-state index < -0.39 is 0 Å². The van der Waals surface area contributed by atoms with Crippen LogP contribution in [0.2, 0.25) is 12.6 Å². The predicted octanol–water partition coefficient (Wildman–Crippen LogP) is 0.960. The molecule has 0 radical (unpaired) electrons. The first-order valence-corrected chi connectivity index (χ1v) is 2.71. The van der Waals surface area contributed by atoms with E-state index >= 15 is 0 Å². The van der Waals surface area contributed by atoms with Gasteiger partial charge in [0.25, 0.3) is 0 Å². The topological polar surface area (TPSA) is 18.5 Å². The zero-order valence-corrected chi connectivity index (χ0v) is 4.52. The van der Waals surface area contributed by atoms with Crippen molar-refractivity contribution >= 4 is 6.92 Å². The van der Waals surface area contributed by atoms with Crippen LogP contribution in [0.25, 0.3) is 0 Å². The van der Waals surface area contributed by atoms with Crippen molar-refractivity contribution < 1.29 is 9.69 Å². The lowest BCUT2D eigenvalue weighted by atomic mass is 9.63. The van der Waals surface area contributed by atoms with Crippen LogP contribution in [0, 0.1) is 0 Å². The van der Waals surface area contributed by atoms with Gasteiger partial charge in [-0.25, -0.2) is 0 Å². The minimum atomic E-state index is 0.375. The molecule has 1 saturated heterocycles. The molecule has 40 valence electrons. The van der Waals surface area contributed by atoms with Crippen LogP contribution >= 0.6 is 0 Å². The van der Waals surface area contributed by atoms with Gasteiger partial charge < -0.3 is 4.81 Å². The van der Waals surface area contributed by atoms with E-state index in [9.17, 15) is 0 Å². The Labute approximate surface area is 43.8 Å². The number of hydrogen-bond donors (Lipinski definition) is 0. The molecule has 0 atom stereocenters. The lowest BCUT2D eigenvalue weighted by molar-refractivity contribution is -0.185. The maximum atomic E-state index is 4.80. The van der Waals surface area contributed by atoms with E-state index in [-0.39, 0.29) is 0 Å². The highest BCUT2D eigenvalue weighted by Gasteiger charge is 2.19. The van der Waals surface area contributed by atoms with E-state index in [4.69, 9.17) is 4.81 Å². The lowest BCUT2D eigenvalue weighted by Crippen LogP contribution is -2.06. The molecule has 2 nitrogen and oxygen atoms in total. The maximum absolute atomic E-state index is 4.80. The molecule has 0 aliphatic carbocycles. The maximum Gasteiger partial charge on any atom is 0.342 e. The molecule has 1 aliphatic rings. The van der Waals surface area contributed by atoms with E-state index in [1.807, 2.05) is 0 Å². The Kier molecular flexibility index (Phi) is 1.71. The van der Waals surface area contributed by atoms with Gasteiger partial charge in [-0.05, 0) is 12.6 Å². The highest BCUT2D eigenvalue weighted by atomic mass is 17.2. The molecule has 0 aromatic rings. The third-order valence-electron chi connectivity index (χ3n) is 1.18. The van der Waals surface area contributed by atoms with Gasteiger partial charge in [-0.15, -0.1) is 0 Å². The summed E-state index contributed by atoms with van der Waals surface area (Å²) in [5.74, 6) is 0. The van der Waals surface area contributed by atoms with Crippen LogP contribution in [0.5, 0.6) is 0 Å². The van der Waals surface area contributed by atoms with Crippen LogP contribution in [0.3, 0.4) is 0 Å². The van der Waals surface area contributed by atoms with E-state index in [0.717, 1.165) is 19.2 Å². The lowest BCUT2D eigenvalue weighted by Gasteiger charge is -1.92. The van der Waals surface area contributed by atoms with Crippen molar-refractivity contribution in [3.05, 3.63) is 0 Å². The van der Waals surface area contributed by atoms with Gasteiger partial charge in [0.1, 0.15) is 0 Å². The molecule has 1 heterocycles. The summed E-state index contributed by atoms with van der Waals surface area (Å²) >= 11 is 0. The first-order valence-electron chi connectivity index (χ1n) is 2.71. The van der Waals surface area contributed by atoms with Crippen LogP contribution < -0.4 is 0 Å². The van der Waals surface area contributed by atoms with Crippen LogP contribution in [-0.4, -0.2) is 13.5 Å². The second-order valence-electron chi connectivity index (χ2n) is 1.74. The Balaban J connectivity index is 2.14. The van der Waals surface area contributed by atoms with Gasteiger partial charge in [-0.2, -0.15) is 0 Å². The van der Waals surface area contributed by atoms with Crippen LogP contribution in [-0.2, 0) is 9.69 Å². The summed E-state index contributed by atoms with van der Waals surface area (Å²) in [5.41, 5.74) is 0. The van der Waals surface area contributed by atoms with Crippen molar-refractivity contribution in [1.29, 1.82) is 0 Å². The fourth-order valence-corrected chi connectivity index (χ4v) is 0.644. The highest BCUT2D eigenvalue weighted by Crippen LogP contribution is 2.08. The summed E-state index contributed by atoms with van der Waals surface area (Å²) < 4.78 is 0. The quantitative estimate of drug-likeness (QED) is 0.361. The molecule has 0 amide bonds. The first kappa shape index (κ1) is 5.13. The molecule has 0 N–H and O–H groups in total. The fraction of sp³-hybridized carbons (Fsp3) is 1.00. The van der Waals surface area contributed by atoms with E-state index in [0.29, 0.717) is 6.92 Å². The third-order valence-corrected chi connectivity index (χ3v) is 1.18. The molecule has 0 unspecified atom stereocenters. The molecule has 3 heteroatoms. The van der Waals surface area contributed by atoms with E-state index in [2.05, 4.69) is 11.8 Å². The number of hydrogen-bond acceptors (Lipinski definition) is 2. The Bertz CT molecular complexity index is 51.7. The molecule has 1 fully saturated rings. The minimum absolute atomic E-state index is 0.375. The SMILES string of the molecule is CCB1CCOO1. The summed E-state index contributed by atoms with van der Waals surface area (Å²) in [6, 6.07) is 0. The molecule has 1 rings (SSSR count). The van der Waals surface area contributed by atoms with Crippen molar-refractivity contribution in [3.63, 3.8) is 0 Å². The predicted molar refractivity (Wildman–Crippen MR) is 28.1 cm³/mol. The number of rotatable bonds is 1. The summed E-state index contributed by atoms with van der Waals surface area (Å²) in [6.45, 7) is 3.25. The van der Waals surface area contributed by atoms with Crippen molar-refractivity contribution in [2.24, 2.45) is 0 Å². The minimum Gasteiger partial charge on any atom is -0.305 e. The second kappa shape index (κ2) is 2.33. The van der Waals surface area contributed by atoms with Crippen molar-refractivity contribution in [2.75, 3.05) is 6.61 Å². The second-order valence-corrected chi connectivity index (χ2v) is 1.74. The van der Waals surface area contributed by atoms with Gasteiger partial charge in [0, 0.05) is 0 Å². The Morgan fingerprint density at radius 3 is 2.86 bits per heavy atom. The Morgan fingerprint density at radius 2 is 2.57 bits per heavy atom.